The van der Waals surface area contributed by atoms with Crippen LogP contribution in [0, 0.1) is 0 Å². The third kappa shape index (κ3) is 3.20. The van der Waals surface area contributed by atoms with Gasteiger partial charge in [-0.15, -0.1) is 0 Å². The molecule has 0 bridgehead atoms. The summed E-state index contributed by atoms with van der Waals surface area (Å²) in [6, 6.07) is 9.27. The summed E-state index contributed by atoms with van der Waals surface area (Å²) in [5.74, 6) is -1.03. The molecule has 96 valence electrons. The average molecular weight is 247 g/mol. The molecule has 0 heterocycles. The first-order valence-electron chi connectivity index (χ1n) is 5.77. The minimum absolute atomic E-state index is 0.0468. The quantitative estimate of drug-likeness (QED) is 0.382. The highest BCUT2D eigenvalue weighted by Gasteiger charge is 2.22. The number of carbonyl (C=O) groups excluding carboxylic acids is 2. The fourth-order valence-corrected chi connectivity index (χ4v) is 1.58. The maximum Gasteiger partial charge on any atom is 0.344 e. The second-order valence-electron chi connectivity index (χ2n) is 3.67. The summed E-state index contributed by atoms with van der Waals surface area (Å²) in [7, 11) is 1.49. The van der Waals surface area contributed by atoms with Crippen LogP contribution in [-0.4, -0.2) is 25.5 Å². The summed E-state index contributed by atoms with van der Waals surface area (Å²) >= 11 is 0. The van der Waals surface area contributed by atoms with Crippen LogP contribution in [0.3, 0.4) is 0 Å². The number of hydrogen-bond acceptors (Lipinski definition) is 3. The van der Waals surface area contributed by atoms with Crippen molar-refractivity contribution in [2.75, 3.05) is 13.7 Å². The van der Waals surface area contributed by atoms with E-state index in [-0.39, 0.29) is 12.2 Å². The number of hydrogen-bond donors (Lipinski definition) is 1. The molecule has 0 aromatic heterocycles. The molecule has 4 nitrogen and oxygen atoms in total. The Morgan fingerprint density at radius 1 is 1.22 bits per heavy atom. The van der Waals surface area contributed by atoms with Gasteiger partial charge in [-0.25, -0.2) is 4.79 Å². The predicted octanol–water partition coefficient (Wildman–Crippen LogP) is 1.77. The lowest BCUT2D eigenvalue weighted by atomic mass is 10.0. The van der Waals surface area contributed by atoms with Crippen molar-refractivity contribution < 1.29 is 14.3 Å². The van der Waals surface area contributed by atoms with Gasteiger partial charge >= 0.3 is 5.97 Å². The Bertz CT molecular complexity index is 463. The Morgan fingerprint density at radius 3 is 2.33 bits per heavy atom. The van der Waals surface area contributed by atoms with Crippen molar-refractivity contribution in [3.05, 3.63) is 41.5 Å². The van der Waals surface area contributed by atoms with Gasteiger partial charge in [0.05, 0.1) is 6.61 Å². The minimum atomic E-state index is -0.599. The van der Waals surface area contributed by atoms with Crippen molar-refractivity contribution in [3.63, 3.8) is 0 Å². The maximum atomic E-state index is 11.8. The van der Waals surface area contributed by atoms with E-state index in [0.717, 1.165) is 5.56 Å². The molecule has 1 aromatic rings. The average Bonchev–Trinajstić information content (AvgIpc) is 2.40. The summed E-state index contributed by atoms with van der Waals surface area (Å²) < 4.78 is 4.91. The molecule has 1 aromatic carbocycles. The van der Waals surface area contributed by atoms with Crippen LogP contribution in [0.4, 0.5) is 0 Å². The molecule has 0 unspecified atom stereocenters. The number of esters is 1. The number of amides is 1. The van der Waals surface area contributed by atoms with Gasteiger partial charge in [-0.2, -0.15) is 0 Å². The minimum Gasteiger partial charge on any atom is -0.462 e. The molecule has 0 atom stereocenters. The van der Waals surface area contributed by atoms with Gasteiger partial charge in [0.2, 0.25) is 0 Å². The topological polar surface area (TPSA) is 55.4 Å². The number of carbonyl (C=O) groups is 2. The van der Waals surface area contributed by atoms with E-state index in [0.29, 0.717) is 5.57 Å². The van der Waals surface area contributed by atoms with E-state index in [2.05, 4.69) is 5.32 Å². The SMILES string of the molecule is CCOC(=O)/C(C(=O)NC)=C(/C)c1ccccc1. The van der Waals surface area contributed by atoms with Crippen LogP contribution in [0.25, 0.3) is 5.57 Å². The van der Waals surface area contributed by atoms with Crippen molar-refractivity contribution in [1.82, 2.24) is 5.32 Å². The maximum absolute atomic E-state index is 11.8. The highest BCUT2D eigenvalue weighted by atomic mass is 16.5. The van der Waals surface area contributed by atoms with Gasteiger partial charge in [-0.3, -0.25) is 4.79 Å². The van der Waals surface area contributed by atoms with E-state index >= 15 is 0 Å². The fourth-order valence-electron chi connectivity index (χ4n) is 1.58. The Kier molecular flexibility index (Phi) is 5.11. The van der Waals surface area contributed by atoms with Gasteiger partial charge < -0.3 is 10.1 Å². The molecule has 0 spiro atoms. The summed E-state index contributed by atoms with van der Waals surface area (Å²) in [6.07, 6.45) is 0. The predicted molar refractivity (Wildman–Crippen MR) is 69.7 cm³/mol. The fraction of sp³-hybridized carbons (Fsp3) is 0.286. The molecular formula is C14H17NO3. The molecule has 0 fully saturated rings. The molecule has 0 saturated heterocycles. The van der Waals surface area contributed by atoms with Gasteiger partial charge in [0.25, 0.3) is 5.91 Å². The number of allylic oxidation sites excluding steroid dienone is 1. The van der Waals surface area contributed by atoms with Crippen molar-refractivity contribution in [3.8, 4) is 0 Å². The van der Waals surface area contributed by atoms with E-state index in [1.54, 1.807) is 13.8 Å². The summed E-state index contributed by atoms with van der Waals surface area (Å²) in [5, 5.41) is 2.46. The van der Waals surface area contributed by atoms with Gasteiger partial charge in [-0.05, 0) is 25.0 Å². The van der Waals surface area contributed by atoms with Gasteiger partial charge in [-0.1, -0.05) is 30.3 Å². The Labute approximate surface area is 107 Å². The molecule has 1 N–H and O–H groups in total. The van der Waals surface area contributed by atoms with E-state index in [4.69, 9.17) is 4.74 Å². The molecule has 0 aliphatic rings. The van der Waals surface area contributed by atoms with Crippen LogP contribution in [0.1, 0.15) is 19.4 Å². The standard InChI is InChI=1S/C14H17NO3/c1-4-18-14(17)12(13(16)15-3)10(2)11-8-6-5-7-9-11/h5-9H,4H2,1-3H3,(H,15,16)/b12-10-. The van der Waals surface area contributed by atoms with E-state index < -0.39 is 11.9 Å². The van der Waals surface area contributed by atoms with Crippen molar-refractivity contribution in [1.29, 1.82) is 0 Å². The lowest BCUT2D eigenvalue weighted by molar-refractivity contribution is -0.140. The zero-order valence-corrected chi connectivity index (χ0v) is 10.8. The molecule has 0 radical (unpaired) electrons. The summed E-state index contributed by atoms with van der Waals surface area (Å²) in [5.41, 5.74) is 1.48. The van der Waals surface area contributed by atoms with Crippen LogP contribution in [-0.2, 0) is 14.3 Å². The van der Waals surface area contributed by atoms with Crippen molar-refractivity contribution in [2.24, 2.45) is 0 Å². The molecule has 0 aliphatic carbocycles. The Morgan fingerprint density at radius 2 is 1.83 bits per heavy atom. The van der Waals surface area contributed by atoms with Gasteiger partial charge in [0, 0.05) is 7.05 Å². The van der Waals surface area contributed by atoms with Crippen molar-refractivity contribution in [2.45, 2.75) is 13.8 Å². The zero-order chi connectivity index (χ0) is 13.5. The number of nitrogens with one attached hydrogen (secondary N) is 1. The van der Waals surface area contributed by atoms with Crippen LogP contribution < -0.4 is 5.32 Å². The van der Waals surface area contributed by atoms with Crippen LogP contribution >= 0.6 is 0 Å². The van der Waals surface area contributed by atoms with Crippen LogP contribution in [0.2, 0.25) is 0 Å². The largest absolute Gasteiger partial charge is 0.462 e. The second-order valence-corrected chi connectivity index (χ2v) is 3.67. The normalized spacial score (nSPS) is 11.5. The molecule has 0 aliphatic heterocycles. The van der Waals surface area contributed by atoms with Gasteiger partial charge in [0.1, 0.15) is 5.57 Å². The van der Waals surface area contributed by atoms with E-state index in [1.165, 1.54) is 7.05 Å². The lowest BCUT2D eigenvalue weighted by Crippen LogP contribution is -2.27. The van der Waals surface area contributed by atoms with E-state index in [1.807, 2.05) is 30.3 Å². The third-order valence-corrected chi connectivity index (χ3v) is 2.52. The molecule has 4 heteroatoms. The Hall–Kier alpha value is -2.10. The number of ether oxygens (including phenoxy) is 1. The molecular weight excluding hydrogens is 230 g/mol. The number of likely N-dealkylation sites (N-methyl/N-ethyl adjacent to an activating group) is 1. The van der Waals surface area contributed by atoms with Crippen LogP contribution in [0.5, 0.6) is 0 Å². The molecule has 0 saturated carbocycles. The highest BCUT2D eigenvalue weighted by Crippen LogP contribution is 2.19. The summed E-state index contributed by atoms with van der Waals surface area (Å²) in [6.45, 7) is 3.68. The zero-order valence-electron chi connectivity index (χ0n) is 10.8. The van der Waals surface area contributed by atoms with Crippen molar-refractivity contribution >= 4 is 17.4 Å². The highest BCUT2D eigenvalue weighted by molar-refractivity contribution is 6.21. The third-order valence-electron chi connectivity index (χ3n) is 2.52. The first-order valence-corrected chi connectivity index (χ1v) is 5.77. The molecule has 18 heavy (non-hydrogen) atoms. The summed E-state index contributed by atoms with van der Waals surface area (Å²) in [4.78, 5) is 23.6. The second kappa shape index (κ2) is 6.59. The monoisotopic (exact) mass is 247 g/mol. The van der Waals surface area contributed by atoms with Gasteiger partial charge in [0.15, 0.2) is 0 Å². The molecule has 1 amide bonds. The van der Waals surface area contributed by atoms with Crippen LogP contribution in [0.15, 0.2) is 35.9 Å². The molecule has 1 rings (SSSR count). The number of benzene rings is 1. The first-order chi connectivity index (χ1) is 8.61. The first kappa shape index (κ1) is 14.0. The number of rotatable bonds is 4. The lowest BCUT2D eigenvalue weighted by Gasteiger charge is -2.10. The Balaban J connectivity index is 3.24. The van der Waals surface area contributed by atoms with E-state index in [9.17, 15) is 9.59 Å². The smallest absolute Gasteiger partial charge is 0.344 e.